The van der Waals surface area contributed by atoms with Gasteiger partial charge in [0.25, 0.3) is 0 Å². The zero-order valence-corrected chi connectivity index (χ0v) is 10.7. The van der Waals surface area contributed by atoms with Crippen LogP contribution in [-0.2, 0) is 4.79 Å². The van der Waals surface area contributed by atoms with Crippen LogP contribution in [0.4, 0.5) is 0 Å². The fourth-order valence-electron chi connectivity index (χ4n) is 1.60. The van der Waals surface area contributed by atoms with Gasteiger partial charge in [-0.3, -0.25) is 4.79 Å². The molecule has 1 aliphatic heterocycles. The predicted molar refractivity (Wildman–Crippen MR) is 66.2 cm³/mol. The van der Waals surface area contributed by atoms with Crippen LogP contribution in [0.2, 0.25) is 0 Å². The number of Topliss-reactive ketones (excluding diaryl/α,β-unsaturated/α-hetero) is 1. The van der Waals surface area contributed by atoms with E-state index in [2.05, 4.69) is 18.9 Å². The molecule has 1 saturated heterocycles. The zero-order chi connectivity index (χ0) is 11.5. The second-order valence-corrected chi connectivity index (χ2v) is 4.36. The van der Waals surface area contributed by atoms with Crippen molar-refractivity contribution in [2.45, 2.75) is 58.8 Å². The summed E-state index contributed by atoms with van der Waals surface area (Å²) < 4.78 is 0. The molecule has 0 aromatic rings. The largest absolute Gasteiger partial charge is 0.306 e. The molecule has 2 heteroatoms. The number of nitrogens with zero attached hydrogens (tertiary/aromatic N) is 1. The molecular weight excluding hydrogens is 186 g/mol. The molecule has 0 aromatic carbocycles. The van der Waals surface area contributed by atoms with Crippen LogP contribution in [-0.4, -0.2) is 30.8 Å². The van der Waals surface area contributed by atoms with Gasteiger partial charge in [0.1, 0.15) is 5.78 Å². The summed E-state index contributed by atoms with van der Waals surface area (Å²) in [7, 11) is 2.19. The molecule has 1 rings (SSSR count). The summed E-state index contributed by atoms with van der Waals surface area (Å²) >= 11 is 0. The third-order valence-electron chi connectivity index (χ3n) is 2.78. The van der Waals surface area contributed by atoms with Crippen molar-refractivity contribution in [3.63, 3.8) is 0 Å². The fraction of sp³-hybridized carbons (Fsp3) is 0.923. The first-order valence-electron chi connectivity index (χ1n) is 6.41. The van der Waals surface area contributed by atoms with Crippen LogP contribution < -0.4 is 0 Å². The van der Waals surface area contributed by atoms with Gasteiger partial charge in [0, 0.05) is 12.8 Å². The standard InChI is InChI=1S/C7H14O.C6H13N/c1-3-5-6-7(8)4-2;1-7-5-3-2-4-6-7/h3-6H2,1-2H3;2-6H2,1H3. The number of likely N-dealkylation sites (tertiary alicyclic amines) is 1. The van der Waals surface area contributed by atoms with Crippen LogP contribution in [0, 0.1) is 0 Å². The molecular formula is C13H27NO. The Morgan fingerprint density at radius 1 is 1.13 bits per heavy atom. The maximum absolute atomic E-state index is 10.6. The minimum absolute atomic E-state index is 0.395. The zero-order valence-electron chi connectivity index (χ0n) is 10.7. The number of piperidine rings is 1. The molecule has 90 valence electrons. The smallest absolute Gasteiger partial charge is 0.132 e. The number of carbonyl (C=O) groups excluding carboxylic acids is 1. The number of rotatable bonds is 4. The second kappa shape index (κ2) is 10.2. The highest BCUT2D eigenvalue weighted by molar-refractivity contribution is 5.77. The molecule has 1 heterocycles. The monoisotopic (exact) mass is 213 g/mol. The van der Waals surface area contributed by atoms with Crippen molar-refractivity contribution in [3.05, 3.63) is 0 Å². The summed E-state index contributed by atoms with van der Waals surface area (Å²) in [5.74, 6) is 0.395. The molecule has 1 fully saturated rings. The molecule has 0 unspecified atom stereocenters. The Bertz CT molecular complexity index is 151. The third-order valence-corrected chi connectivity index (χ3v) is 2.78. The molecule has 0 amide bonds. The van der Waals surface area contributed by atoms with E-state index in [1.807, 2.05) is 6.92 Å². The molecule has 1 aliphatic rings. The Balaban J connectivity index is 0.000000262. The van der Waals surface area contributed by atoms with E-state index in [1.54, 1.807) is 0 Å². The second-order valence-electron chi connectivity index (χ2n) is 4.36. The summed E-state index contributed by atoms with van der Waals surface area (Å²) in [6.45, 7) is 6.65. The van der Waals surface area contributed by atoms with Gasteiger partial charge in [0.05, 0.1) is 0 Å². The molecule has 2 nitrogen and oxygen atoms in total. The molecule has 0 spiro atoms. The number of hydrogen-bond donors (Lipinski definition) is 0. The molecule has 0 saturated carbocycles. The van der Waals surface area contributed by atoms with Crippen LogP contribution in [0.25, 0.3) is 0 Å². The number of hydrogen-bond acceptors (Lipinski definition) is 2. The summed E-state index contributed by atoms with van der Waals surface area (Å²) in [6.07, 6.45) is 7.96. The maximum Gasteiger partial charge on any atom is 0.132 e. The van der Waals surface area contributed by atoms with Gasteiger partial charge in [0.2, 0.25) is 0 Å². The number of ketones is 1. The molecule has 0 aromatic heterocycles. The van der Waals surface area contributed by atoms with E-state index in [9.17, 15) is 4.79 Å². The van der Waals surface area contributed by atoms with E-state index >= 15 is 0 Å². The van der Waals surface area contributed by atoms with Crippen molar-refractivity contribution in [2.75, 3.05) is 20.1 Å². The first-order valence-corrected chi connectivity index (χ1v) is 6.41. The molecule has 15 heavy (non-hydrogen) atoms. The summed E-state index contributed by atoms with van der Waals surface area (Å²) in [4.78, 5) is 13.0. The summed E-state index contributed by atoms with van der Waals surface area (Å²) in [5, 5.41) is 0. The van der Waals surface area contributed by atoms with Crippen molar-refractivity contribution in [3.8, 4) is 0 Å². The molecule has 0 N–H and O–H groups in total. The highest BCUT2D eigenvalue weighted by Crippen LogP contribution is 2.04. The Morgan fingerprint density at radius 3 is 2.07 bits per heavy atom. The topological polar surface area (TPSA) is 20.3 Å². The van der Waals surface area contributed by atoms with E-state index in [4.69, 9.17) is 0 Å². The van der Waals surface area contributed by atoms with Crippen LogP contribution in [0.15, 0.2) is 0 Å². The van der Waals surface area contributed by atoms with Crippen molar-refractivity contribution in [1.82, 2.24) is 4.90 Å². The quantitative estimate of drug-likeness (QED) is 0.714. The van der Waals surface area contributed by atoms with Crippen LogP contribution in [0.5, 0.6) is 0 Å². The average molecular weight is 213 g/mol. The Morgan fingerprint density at radius 2 is 1.73 bits per heavy atom. The van der Waals surface area contributed by atoms with E-state index in [1.165, 1.54) is 32.4 Å². The van der Waals surface area contributed by atoms with Crippen LogP contribution >= 0.6 is 0 Å². The predicted octanol–water partition coefficient (Wildman–Crippen LogP) is 3.26. The highest BCUT2D eigenvalue weighted by atomic mass is 16.1. The maximum atomic E-state index is 10.6. The lowest BCUT2D eigenvalue weighted by Crippen LogP contribution is -2.24. The van der Waals surface area contributed by atoms with Gasteiger partial charge in [-0.05, 0) is 39.4 Å². The first kappa shape index (κ1) is 14.6. The minimum atomic E-state index is 0.395. The lowest BCUT2D eigenvalue weighted by molar-refractivity contribution is -0.118. The van der Waals surface area contributed by atoms with E-state index in [0.29, 0.717) is 12.2 Å². The van der Waals surface area contributed by atoms with Gasteiger partial charge in [-0.15, -0.1) is 0 Å². The van der Waals surface area contributed by atoms with Gasteiger partial charge >= 0.3 is 0 Å². The first-order chi connectivity index (χ1) is 7.20. The van der Waals surface area contributed by atoms with Crippen molar-refractivity contribution in [2.24, 2.45) is 0 Å². The van der Waals surface area contributed by atoms with Crippen molar-refractivity contribution >= 4 is 5.78 Å². The van der Waals surface area contributed by atoms with Crippen molar-refractivity contribution in [1.29, 1.82) is 0 Å². The van der Waals surface area contributed by atoms with Gasteiger partial charge < -0.3 is 4.90 Å². The molecule has 0 bridgehead atoms. The Labute approximate surface area is 95.0 Å². The van der Waals surface area contributed by atoms with Gasteiger partial charge in [0.15, 0.2) is 0 Å². The molecule has 0 radical (unpaired) electrons. The SMILES string of the molecule is CCCCC(=O)CC.CN1CCCCC1. The fourth-order valence-corrected chi connectivity index (χ4v) is 1.60. The summed E-state index contributed by atoms with van der Waals surface area (Å²) in [5.41, 5.74) is 0. The van der Waals surface area contributed by atoms with Crippen LogP contribution in [0.1, 0.15) is 58.8 Å². The molecule has 0 atom stereocenters. The summed E-state index contributed by atoms with van der Waals surface area (Å²) in [6, 6.07) is 0. The van der Waals surface area contributed by atoms with Gasteiger partial charge in [-0.2, -0.15) is 0 Å². The van der Waals surface area contributed by atoms with E-state index < -0.39 is 0 Å². The highest BCUT2D eigenvalue weighted by Gasteiger charge is 2.02. The van der Waals surface area contributed by atoms with Crippen LogP contribution in [0.3, 0.4) is 0 Å². The van der Waals surface area contributed by atoms with Crippen molar-refractivity contribution < 1.29 is 4.79 Å². The molecule has 0 aliphatic carbocycles. The van der Waals surface area contributed by atoms with Gasteiger partial charge in [-0.1, -0.05) is 26.7 Å². The number of unbranched alkanes of at least 4 members (excludes halogenated alkanes) is 1. The third kappa shape index (κ3) is 9.92. The lowest BCUT2D eigenvalue weighted by atomic mass is 10.1. The van der Waals surface area contributed by atoms with Gasteiger partial charge in [-0.25, -0.2) is 0 Å². The Kier molecular flexibility index (Phi) is 9.91. The van der Waals surface area contributed by atoms with E-state index in [0.717, 1.165) is 19.3 Å². The Hall–Kier alpha value is -0.370. The lowest BCUT2D eigenvalue weighted by Gasteiger charge is -2.20. The average Bonchev–Trinajstić information content (AvgIpc) is 2.28. The normalized spacial score (nSPS) is 16.7. The number of carbonyl (C=O) groups is 1. The minimum Gasteiger partial charge on any atom is -0.306 e. The van der Waals surface area contributed by atoms with E-state index in [-0.39, 0.29) is 0 Å².